The largest absolute Gasteiger partial charge is 0.339 e. The SMILES string of the molecule is O=C1NC(=O)[C@](CCC(=O)N2CCc3ccccc3C(F)C2)(C2CC2)N1. The summed E-state index contributed by atoms with van der Waals surface area (Å²) in [6.07, 6.45) is 1.53. The van der Waals surface area contributed by atoms with Crippen LogP contribution in [0, 0.1) is 5.92 Å². The summed E-state index contributed by atoms with van der Waals surface area (Å²) in [5.74, 6) is -0.428. The second kappa shape index (κ2) is 6.37. The first kappa shape index (κ1) is 17.0. The molecule has 4 rings (SSSR count). The molecule has 4 amide bonds. The van der Waals surface area contributed by atoms with Crippen molar-refractivity contribution >= 4 is 17.8 Å². The minimum absolute atomic E-state index is 0.0326. The molecule has 26 heavy (non-hydrogen) atoms. The molecule has 0 bridgehead atoms. The summed E-state index contributed by atoms with van der Waals surface area (Å²) in [5.41, 5.74) is 0.614. The average molecular weight is 359 g/mol. The van der Waals surface area contributed by atoms with Crippen molar-refractivity contribution < 1.29 is 18.8 Å². The molecule has 1 aromatic rings. The third-order valence-electron chi connectivity index (χ3n) is 5.75. The summed E-state index contributed by atoms with van der Waals surface area (Å²) in [7, 11) is 0. The van der Waals surface area contributed by atoms with Crippen molar-refractivity contribution in [3.05, 3.63) is 35.4 Å². The first-order valence-corrected chi connectivity index (χ1v) is 9.13. The van der Waals surface area contributed by atoms with Crippen LogP contribution in [0.25, 0.3) is 0 Å². The van der Waals surface area contributed by atoms with Gasteiger partial charge in [0, 0.05) is 13.0 Å². The van der Waals surface area contributed by atoms with Gasteiger partial charge in [0.25, 0.3) is 5.91 Å². The summed E-state index contributed by atoms with van der Waals surface area (Å²) >= 11 is 0. The Bertz CT molecular complexity index is 764. The van der Waals surface area contributed by atoms with Gasteiger partial charge >= 0.3 is 6.03 Å². The number of benzene rings is 1. The number of nitrogens with one attached hydrogen (secondary N) is 2. The van der Waals surface area contributed by atoms with Gasteiger partial charge in [0.2, 0.25) is 5.91 Å². The number of hydrogen-bond acceptors (Lipinski definition) is 3. The Hall–Kier alpha value is -2.44. The third-order valence-corrected chi connectivity index (χ3v) is 5.75. The first-order chi connectivity index (χ1) is 12.5. The van der Waals surface area contributed by atoms with E-state index in [9.17, 15) is 18.8 Å². The lowest BCUT2D eigenvalue weighted by Crippen LogP contribution is -2.50. The predicted octanol–water partition coefficient (Wildman–Crippen LogP) is 1.85. The third kappa shape index (κ3) is 2.95. The number of halogens is 1. The van der Waals surface area contributed by atoms with Gasteiger partial charge in [0.05, 0.1) is 6.54 Å². The molecule has 0 spiro atoms. The summed E-state index contributed by atoms with van der Waals surface area (Å²) in [6, 6.07) is 6.86. The van der Waals surface area contributed by atoms with E-state index in [2.05, 4.69) is 10.6 Å². The minimum atomic E-state index is -1.20. The maximum absolute atomic E-state index is 14.6. The van der Waals surface area contributed by atoms with E-state index in [1.165, 1.54) is 0 Å². The number of imide groups is 1. The van der Waals surface area contributed by atoms with Crippen molar-refractivity contribution in [2.75, 3.05) is 13.1 Å². The molecular weight excluding hydrogens is 337 g/mol. The van der Waals surface area contributed by atoms with Crippen LogP contribution in [0.15, 0.2) is 24.3 Å². The van der Waals surface area contributed by atoms with Crippen molar-refractivity contribution in [2.45, 2.75) is 43.8 Å². The Morgan fingerprint density at radius 1 is 1.27 bits per heavy atom. The standard InChI is InChI=1S/C19H22FN3O3/c20-15-11-23(10-8-12-3-1-2-4-14(12)15)16(24)7-9-19(13-5-6-13)17(25)21-18(26)22-19/h1-4,13,15H,5-11H2,(H2,21,22,25,26)/t15?,19-/m0/s1. The molecule has 2 N–H and O–H groups in total. The lowest BCUT2D eigenvalue weighted by molar-refractivity contribution is -0.133. The van der Waals surface area contributed by atoms with Crippen LogP contribution in [-0.2, 0) is 16.0 Å². The van der Waals surface area contributed by atoms with E-state index in [1.54, 1.807) is 11.0 Å². The highest BCUT2D eigenvalue weighted by Gasteiger charge is 2.55. The Kier molecular flexibility index (Phi) is 4.17. The van der Waals surface area contributed by atoms with E-state index in [-0.39, 0.29) is 37.1 Å². The zero-order chi connectivity index (χ0) is 18.3. The second-order valence-electron chi connectivity index (χ2n) is 7.41. The molecular formula is C19H22FN3O3. The zero-order valence-corrected chi connectivity index (χ0v) is 14.5. The Morgan fingerprint density at radius 2 is 2.04 bits per heavy atom. The number of rotatable bonds is 4. The number of alkyl halides is 1. The van der Waals surface area contributed by atoms with E-state index in [0.717, 1.165) is 18.4 Å². The Labute approximate surface area is 151 Å². The minimum Gasteiger partial charge on any atom is -0.339 e. The highest BCUT2D eigenvalue weighted by Crippen LogP contribution is 2.43. The molecule has 2 fully saturated rings. The molecule has 1 saturated heterocycles. The average Bonchev–Trinajstić information content (AvgIpc) is 3.44. The van der Waals surface area contributed by atoms with Crippen molar-refractivity contribution in [3.63, 3.8) is 0 Å². The summed E-state index contributed by atoms with van der Waals surface area (Å²) in [4.78, 5) is 38.1. The molecule has 1 aromatic carbocycles. The van der Waals surface area contributed by atoms with Gasteiger partial charge in [-0.3, -0.25) is 14.9 Å². The topological polar surface area (TPSA) is 78.5 Å². The fourth-order valence-corrected chi connectivity index (χ4v) is 4.14. The smallest absolute Gasteiger partial charge is 0.322 e. The highest BCUT2D eigenvalue weighted by atomic mass is 19.1. The molecule has 7 heteroatoms. The molecule has 3 aliphatic rings. The molecule has 6 nitrogen and oxygen atoms in total. The van der Waals surface area contributed by atoms with Crippen LogP contribution in [0.4, 0.5) is 9.18 Å². The number of carbonyl (C=O) groups excluding carboxylic acids is 3. The van der Waals surface area contributed by atoms with Gasteiger partial charge in [-0.25, -0.2) is 9.18 Å². The van der Waals surface area contributed by atoms with Crippen molar-refractivity contribution in [3.8, 4) is 0 Å². The van der Waals surface area contributed by atoms with Gasteiger partial charge in [0.1, 0.15) is 11.7 Å². The van der Waals surface area contributed by atoms with Gasteiger partial charge in [-0.1, -0.05) is 24.3 Å². The predicted molar refractivity (Wildman–Crippen MR) is 91.9 cm³/mol. The van der Waals surface area contributed by atoms with Crippen molar-refractivity contribution in [1.29, 1.82) is 0 Å². The second-order valence-corrected chi connectivity index (χ2v) is 7.41. The number of nitrogens with zero attached hydrogens (tertiary/aromatic N) is 1. The lowest BCUT2D eigenvalue weighted by atomic mass is 9.87. The lowest BCUT2D eigenvalue weighted by Gasteiger charge is -2.28. The number of hydrogen-bond donors (Lipinski definition) is 2. The fraction of sp³-hybridized carbons (Fsp3) is 0.526. The van der Waals surface area contributed by atoms with Crippen LogP contribution in [0.1, 0.15) is 43.0 Å². The Morgan fingerprint density at radius 3 is 2.73 bits per heavy atom. The molecule has 138 valence electrons. The van der Waals surface area contributed by atoms with E-state index >= 15 is 0 Å². The first-order valence-electron chi connectivity index (χ1n) is 9.13. The van der Waals surface area contributed by atoms with Gasteiger partial charge in [-0.15, -0.1) is 0 Å². The molecule has 1 saturated carbocycles. The van der Waals surface area contributed by atoms with Gasteiger partial charge in [-0.05, 0) is 42.7 Å². The molecule has 1 unspecified atom stereocenters. The fourth-order valence-electron chi connectivity index (χ4n) is 4.14. The summed E-state index contributed by atoms with van der Waals surface area (Å²) in [5, 5.41) is 5.02. The number of amides is 4. The normalized spacial score (nSPS) is 28.2. The monoisotopic (exact) mass is 359 g/mol. The quantitative estimate of drug-likeness (QED) is 0.806. The highest BCUT2D eigenvalue weighted by molar-refractivity contribution is 6.07. The molecule has 2 heterocycles. The van der Waals surface area contributed by atoms with Crippen LogP contribution < -0.4 is 10.6 Å². The molecule has 0 radical (unpaired) electrons. The van der Waals surface area contributed by atoms with E-state index in [0.29, 0.717) is 18.5 Å². The van der Waals surface area contributed by atoms with E-state index in [4.69, 9.17) is 0 Å². The van der Waals surface area contributed by atoms with Crippen LogP contribution in [-0.4, -0.2) is 41.4 Å². The van der Waals surface area contributed by atoms with Crippen molar-refractivity contribution in [2.24, 2.45) is 5.92 Å². The molecule has 2 atom stereocenters. The van der Waals surface area contributed by atoms with E-state index in [1.807, 2.05) is 18.2 Å². The summed E-state index contributed by atoms with van der Waals surface area (Å²) < 4.78 is 14.6. The van der Waals surface area contributed by atoms with Crippen LogP contribution in [0.2, 0.25) is 0 Å². The van der Waals surface area contributed by atoms with Crippen LogP contribution in [0.5, 0.6) is 0 Å². The number of carbonyl (C=O) groups is 3. The zero-order valence-electron chi connectivity index (χ0n) is 14.5. The molecule has 0 aromatic heterocycles. The van der Waals surface area contributed by atoms with Crippen LogP contribution in [0.3, 0.4) is 0 Å². The van der Waals surface area contributed by atoms with Crippen LogP contribution >= 0.6 is 0 Å². The molecule has 2 aliphatic heterocycles. The Balaban J connectivity index is 1.42. The van der Waals surface area contributed by atoms with E-state index < -0.39 is 17.7 Å². The maximum Gasteiger partial charge on any atom is 0.322 e. The van der Waals surface area contributed by atoms with Crippen molar-refractivity contribution in [1.82, 2.24) is 15.5 Å². The number of fused-ring (bicyclic) bond motifs is 1. The van der Waals surface area contributed by atoms with Gasteiger partial charge in [0.15, 0.2) is 0 Å². The maximum atomic E-state index is 14.6. The van der Waals surface area contributed by atoms with Gasteiger partial charge in [-0.2, -0.15) is 0 Å². The number of urea groups is 1. The molecule has 1 aliphatic carbocycles. The van der Waals surface area contributed by atoms with Gasteiger partial charge < -0.3 is 10.2 Å². The summed E-state index contributed by atoms with van der Waals surface area (Å²) in [6.45, 7) is 0.496.